The molecule has 21 heavy (non-hydrogen) atoms. The molecule has 1 aliphatic rings. The zero-order valence-electron chi connectivity index (χ0n) is 11.3. The molecular formula is C13H18Cl2N4O2. The SMILES string of the molecule is Cl.NCC(=O)NC1CN[C@H](C(=O)Nc2ccc(Cl)cc2)C1. The van der Waals surface area contributed by atoms with Crippen molar-refractivity contribution in [3.05, 3.63) is 29.3 Å². The highest BCUT2D eigenvalue weighted by Crippen LogP contribution is 2.15. The van der Waals surface area contributed by atoms with Gasteiger partial charge >= 0.3 is 0 Å². The van der Waals surface area contributed by atoms with Crippen molar-refractivity contribution in [2.24, 2.45) is 5.73 Å². The first-order chi connectivity index (χ1) is 9.58. The van der Waals surface area contributed by atoms with Gasteiger partial charge in [0, 0.05) is 23.3 Å². The van der Waals surface area contributed by atoms with E-state index in [9.17, 15) is 9.59 Å². The number of carbonyl (C=O) groups excluding carboxylic acids is 2. The summed E-state index contributed by atoms with van der Waals surface area (Å²) in [4.78, 5) is 23.2. The van der Waals surface area contributed by atoms with Crippen LogP contribution in [-0.2, 0) is 9.59 Å². The first-order valence-electron chi connectivity index (χ1n) is 6.37. The number of halogens is 2. The maximum Gasteiger partial charge on any atom is 0.241 e. The number of benzene rings is 1. The van der Waals surface area contributed by atoms with E-state index in [1.165, 1.54) is 0 Å². The Balaban J connectivity index is 0.00000220. The third-order valence-corrected chi connectivity index (χ3v) is 3.36. The van der Waals surface area contributed by atoms with Crippen LogP contribution in [0.1, 0.15) is 6.42 Å². The average molecular weight is 333 g/mol. The second-order valence-electron chi connectivity index (χ2n) is 4.66. The molecule has 1 heterocycles. The van der Waals surface area contributed by atoms with Gasteiger partial charge in [-0.3, -0.25) is 9.59 Å². The Kier molecular flexibility index (Phi) is 6.91. The Labute approximate surface area is 134 Å². The molecule has 6 nitrogen and oxygen atoms in total. The van der Waals surface area contributed by atoms with E-state index >= 15 is 0 Å². The molecule has 0 radical (unpaired) electrons. The second-order valence-corrected chi connectivity index (χ2v) is 5.10. The van der Waals surface area contributed by atoms with E-state index in [1.54, 1.807) is 24.3 Å². The Hall–Kier alpha value is -1.34. The van der Waals surface area contributed by atoms with Crippen molar-refractivity contribution in [3.63, 3.8) is 0 Å². The van der Waals surface area contributed by atoms with Gasteiger partial charge in [-0.1, -0.05) is 11.6 Å². The number of amides is 2. The predicted molar refractivity (Wildman–Crippen MR) is 84.7 cm³/mol. The van der Waals surface area contributed by atoms with Crippen LogP contribution in [0.15, 0.2) is 24.3 Å². The molecule has 1 aliphatic heterocycles. The van der Waals surface area contributed by atoms with Gasteiger partial charge in [0.1, 0.15) is 0 Å². The van der Waals surface area contributed by atoms with Crippen LogP contribution in [0, 0.1) is 0 Å². The van der Waals surface area contributed by atoms with Gasteiger partial charge in [-0.25, -0.2) is 0 Å². The topological polar surface area (TPSA) is 96.2 Å². The first kappa shape index (κ1) is 17.7. The van der Waals surface area contributed by atoms with Crippen molar-refractivity contribution < 1.29 is 9.59 Å². The summed E-state index contributed by atoms with van der Waals surface area (Å²) in [5.74, 6) is -0.340. The maximum atomic E-state index is 12.1. The van der Waals surface area contributed by atoms with Crippen LogP contribution in [-0.4, -0.2) is 37.0 Å². The minimum atomic E-state index is -0.325. The summed E-state index contributed by atoms with van der Waals surface area (Å²) < 4.78 is 0. The van der Waals surface area contributed by atoms with Gasteiger partial charge in [0.05, 0.1) is 12.6 Å². The van der Waals surface area contributed by atoms with E-state index in [2.05, 4.69) is 16.0 Å². The zero-order valence-corrected chi connectivity index (χ0v) is 12.8. The van der Waals surface area contributed by atoms with Gasteiger partial charge in [-0.05, 0) is 30.7 Å². The van der Waals surface area contributed by atoms with E-state index in [0.29, 0.717) is 23.7 Å². The van der Waals surface area contributed by atoms with Crippen LogP contribution in [0.25, 0.3) is 0 Å². The molecular weight excluding hydrogens is 315 g/mol. The summed E-state index contributed by atoms with van der Waals surface area (Å²) in [5.41, 5.74) is 5.93. The quantitative estimate of drug-likeness (QED) is 0.645. The molecule has 8 heteroatoms. The van der Waals surface area contributed by atoms with E-state index in [1.807, 2.05) is 0 Å². The highest BCUT2D eigenvalue weighted by atomic mass is 35.5. The Morgan fingerprint density at radius 3 is 2.62 bits per heavy atom. The van der Waals surface area contributed by atoms with Crippen LogP contribution in [0.4, 0.5) is 5.69 Å². The fourth-order valence-corrected chi connectivity index (χ4v) is 2.22. The summed E-state index contributed by atoms with van der Waals surface area (Å²) in [6.07, 6.45) is 0.547. The van der Waals surface area contributed by atoms with Crippen molar-refractivity contribution in [1.82, 2.24) is 10.6 Å². The predicted octanol–water partition coefficient (Wildman–Crippen LogP) is 0.506. The van der Waals surface area contributed by atoms with Crippen molar-refractivity contribution in [3.8, 4) is 0 Å². The van der Waals surface area contributed by atoms with E-state index in [4.69, 9.17) is 17.3 Å². The molecule has 1 aromatic rings. The van der Waals surface area contributed by atoms with E-state index in [-0.39, 0.29) is 42.8 Å². The number of rotatable bonds is 4. The fraction of sp³-hybridized carbons (Fsp3) is 0.385. The van der Waals surface area contributed by atoms with E-state index in [0.717, 1.165) is 0 Å². The number of hydrogen-bond donors (Lipinski definition) is 4. The molecule has 0 spiro atoms. The van der Waals surface area contributed by atoms with Crippen LogP contribution in [0.3, 0.4) is 0 Å². The Morgan fingerprint density at radius 2 is 2.00 bits per heavy atom. The molecule has 0 aromatic heterocycles. The number of nitrogens with one attached hydrogen (secondary N) is 3. The summed E-state index contributed by atoms with van der Waals surface area (Å²) in [6, 6.07) is 6.51. The highest BCUT2D eigenvalue weighted by Gasteiger charge is 2.30. The summed E-state index contributed by atoms with van der Waals surface area (Å²) in [7, 11) is 0. The third-order valence-electron chi connectivity index (χ3n) is 3.11. The normalized spacial score (nSPS) is 20.5. The highest BCUT2D eigenvalue weighted by molar-refractivity contribution is 6.30. The number of anilines is 1. The number of nitrogens with two attached hydrogens (primary N) is 1. The molecule has 0 saturated carbocycles. The van der Waals surface area contributed by atoms with Gasteiger partial charge in [0.2, 0.25) is 11.8 Å². The number of hydrogen-bond acceptors (Lipinski definition) is 4. The Morgan fingerprint density at radius 1 is 1.33 bits per heavy atom. The standard InChI is InChI=1S/C13H17ClN4O2.ClH/c14-8-1-3-9(4-2-8)18-13(20)11-5-10(7-16-11)17-12(19)6-15;/h1-4,10-11,16H,5-7,15H2,(H,17,19)(H,18,20);1H/t10?,11-;/m0./s1. The van der Waals surface area contributed by atoms with Crippen molar-refractivity contribution in [2.75, 3.05) is 18.4 Å². The Bertz CT molecular complexity index is 495. The second kappa shape index (κ2) is 8.19. The van der Waals surface area contributed by atoms with Gasteiger partial charge in [-0.15, -0.1) is 12.4 Å². The van der Waals surface area contributed by atoms with E-state index < -0.39 is 0 Å². The minimum Gasteiger partial charge on any atom is -0.351 e. The number of carbonyl (C=O) groups is 2. The van der Waals surface area contributed by atoms with Gasteiger partial charge in [0.25, 0.3) is 0 Å². The van der Waals surface area contributed by atoms with Crippen molar-refractivity contribution >= 4 is 41.5 Å². The van der Waals surface area contributed by atoms with Crippen LogP contribution in [0.2, 0.25) is 5.02 Å². The van der Waals surface area contributed by atoms with Gasteiger partial charge < -0.3 is 21.7 Å². The molecule has 1 unspecified atom stereocenters. The fourth-order valence-electron chi connectivity index (χ4n) is 2.09. The molecule has 1 aromatic carbocycles. The molecule has 1 fully saturated rings. The lowest BCUT2D eigenvalue weighted by molar-refractivity contribution is -0.121. The zero-order chi connectivity index (χ0) is 14.5. The minimum absolute atomic E-state index is 0. The largest absolute Gasteiger partial charge is 0.351 e. The van der Waals surface area contributed by atoms with Crippen LogP contribution >= 0.6 is 24.0 Å². The molecule has 2 amide bonds. The maximum absolute atomic E-state index is 12.1. The van der Waals surface area contributed by atoms with Crippen molar-refractivity contribution in [1.29, 1.82) is 0 Å². The third kappa shape index (κ3) is 5.17. The summed E-state index contributed by atoms with van der Waals surface area (Å²) in [5, 5.41) is 9.25. The monoisotopic (exact) mass is 332 g/mol. The molecule has 5 N–H and O–H groups in total. The van der Waals surface area contributed by atoms with Crippen molar-refractivity contribution in [2.45, 2.75) is 18.5 Å². The lowest BCUT2D eigenvalue weighted by atomic mass is 10.1. The smallest absolute Gasteiger partial charge is 0.241 e. The summed E-state index contributed by atoms with van der Waals surface area (Å²) >= 11 is 5.78. The molecule has 1 saturated heterocycles. The van der Waals surface area contributed by atoms with Crippen LogP contribution < -0.4 is 21.7 Å². The van der Waals surface area contributed by atoms with Gasteiger partial charge in [0.15, 0.2) is 0 Å². The molecule has 0 aliphatic carbocycles. The first-order valence-corrected chi connectivity index (χ1v) is 6.75. The molecule has 116 valence electrons. The van der Waals surface area contributed by atoms with Gasteiger partial charge in [-0.2, -0.15) is 0 Å². The summed E-state index contributed by atoms with van der Waals surface area (Å²) in [6.45, 7) is 0.516. The van der Waals surface area contributed by atoms with Crippen LogP contribution in [0.5, 0.6) is 0 Å². The average Bonchev–Trinajstić information content (AvgIpc) is 2.89. The molecule has 0 bridgehead atoms. The lowest BCUT2D eigenvalue weighted by Crippen LogP contribution is -2.39. The molecule has 2 atom stereocenters. The lowest BCUT2D eigenvalue weighted by Gasteiger charge is -2.12. The molecule has 2 rings (SSSR count).